The standard InChI is InChI=1S/C7H12O3/c1-4(2)5-3-6(8)10-7(5)9/h4-5,7,9H,3H2,1-2H3. The Balaban J connectivity index is 2.54. The van der Waals surface area contributed by atoms with Gasteiger partial charge in [-0.1, -0.05) is 13.8 Å². The number of cyclic esters (lactones) is 1. The molecule has 2 atom stereocenters. The van der Waals surface area contributed by atoms with Crippen LogP contribution in [0.3, 0.4) is 0 Å². The predicted octanol–water partition coefficient (Wildman–Crippen LogP) is 0.524. The molecule has 0 saturated carbocycles. The van der Waals surface area contributed by atoms with Crippen LogP contribution in [0.2, 0.25) is 0 Å². The van der Waals surface area contributed by atoms with E-state index in [9.17, 15) is 4.79 Å². The summed E-state index contributed by atoms with van der Waals surface area (Å²) in [5.74, 6) is 0.0140. The zero-order valence-electron chi connectivity index (χ0n) is 6.20. The molecule has 1 rings (SSSR count). The Morgan fingerprint density at radius 3 is 2.50 bits per heavy atom. The maximum absolute atomic E-state index is 10.6. The van der Waals surface area contributed by atoms with Crippen molar-refractivity contribution in [1.82, 2.24) is 0 Å². The summed E-state index contributed by atoms with van der Waals surface area (Å²) in [4.78, 5) is 10.6. The number of ether oxygens (including phenoxy) is 1. The third kappa shape index (κ3) is 1.29. The third-order valence-electron chi connectivity index (χ3n) is 1.88. The van der Waals surface area contributed by atoms with Crippen LogP contribution >= 0.6 is 0 Å². The van der Waals surface area contributed by atoms with Crippen molar-refractivity contribution in [3.63, 3.8) is 0 Å². The molecule has 58 valence electrons. The van der Waals surface area contributed by atoms with Crippen molar-refractivity contribution in [1.29, 1.82) is 0 Å². The largest absolute Gasteiger partial charge is 0.436 e. The number of carbonyl (C=O) groups excluding carboxylic acids is 1. The maximum Gasteiger partial charge on any atom is 0.308 e. The average Bonchev–Trinajstić information content (AvgIpc) is 2.10. The molecule has 1 heterocycles. The number of hydrogen-bond acceptors (Lipinski definition) is 3. The molecule has 3 nitrogen and oxygen atoms in total. The molecule has 0 bridgehead atoms. The summed E-state index contributed by atoms with van der Waals surface area (Å²) in [6, 6.07) is 0. The summed E-state index contributed by atoms with van der Waals surface area (Å²) in [6.07, 6.45) is -0.508. The molecule has 0 aromatic carbocycles. The number of aliphatic hydroxyl groups is 1. The van der Waals surface area contributed by atoms with Crippen LogP contribution in [-0.2, 0) is 9.53 Å². The zero-order chi connectivity index (χ0) is 7.72. The minimum Gasteiger partial charge on any atom is -0.436 e. The molecule has 1 fully saturated rings. The van der Waals surface area contributed by atoms with E-state index in [-0.39, 0.29) is 11.9 Å². The number of aliphatic hydroxyl groups excluding tert-OH is 1. The lowest BCUT2D eigenvalue weighted by molar-refractivity contribution is -0.156. The van der Waals surface area contributed by atoms with Crippen molar-refractivity contribution in [3.05, 3.63) is 0 Å². The highest BCUT2D eigenvalue weighted by Crippen LogP contribution is 2.26. The highest BCUT2D eigenvalue weighted by atomic mass is 16.6. The Bertz CT molecular complexity index is 142. The van der Waals surface area contributed by atoms with Gasteiger partial charge in [0, 0.05) is 5.92 Å². The van der Waals surface area contributed by atoms with Crippen LogP contribution in [0, 0.1) is 11.8 Å². The van der Waals surface area contributed by atoms with Crippen molar-refractivity contribution in [3.8, 4) is 0 Å². The predicted molar refractivity (Wildman–Crippen MR) is 35.0 cm³/mol. The first-order chi connectivity index (χ1) is 4.61. The minimum absolute atomic E-state index is 0.00694. The van der Waals surface area contributed by atoms with Crippen LogP contribution < -0.4 is 0 Å². The quantitative estimate of drug-likeness (QED) is 0.546. The van der Waals surface area contributed by atoms with Gasteiger partial charge in [-0.2, -0.15) is 0 Å². The highest BCUT2D eigenvalue weighted by molar-refractivity contribution is 5.71. The third-order valence-corrected chi connectivity index (χ3v) is 1.88. The first kappa shape index (κ1) is 7.54. The van der Waals surface area contributed by atoms with E-state index >= 15 is 0 Å². The molecule has 0 aromatic rings. The van der Waals surface area contributed by atoms with Gasteiger partial charge in [-0.25, -0.2) is 0 Å². The Hall–Kier alpha value is -0.570. The van der Waals surface area contributed by atoms with Gasteiger partial charge in [-0.3, -0.25) is 4.79 Å². The molecule has 0 radical (unpaired) electrons. The Morgan fingerprint density at radius 2 is 2.30 bits per heavy atom. The minimum atomic E-state index is -0.868. The van der Waals surface area contributed by atoms with E-state index in [0.29, 0.717) is 12.3 Å². The topological polar surface area (TPSA) is 46.5 Å². The summed E-state index contributed by atoms with van der Waals surface area (Å²) in [7, 11) is 0. The normalized spacial score (nSPS) is 33.0. The van der Waals surface area contributed by atoms with Gasteiger partial charge < -0.3 is 9.84 Å². The van der Waals surface area contributed by atoms with E-state index in [1.165, 1.54) is 0 Å². The van der Waals surface area contributed by atoms with Gasteiger partial charge in [0.05, 0.1) is 6.42 Å². The fourth-order valence-corrected chi connectivity index (χ4v) is 1.13. The molecule has 1 saturated heterocycles. The molecule has 3 heteroatoms. The lowest BCUT2D eigenvalue weighted by Crippen LogP contribution is -2.19. The molecule has 0 spiro atoms. The van der Waals surface area contributed by atoms with Crippen LogP contribution in [0.4, 0.5) is 0 Å². The second-order valence-electron chi connectivity index (χ2n) is 2.99. The lowest BCUT2D eigenvalue weighted by atomic mass is 9.94. The molecule has 2 unspecified atom stereocenters. The monoisotopic (exact) mass is 144 g/mol. The molecule has 0 aromatic heterocycles. The van der Waals surface area contributed by atoms with Crippen LogP contribution in [0.1, 0.15) is 20.3 Å². The molecule has 1 aliphatic heterocycles. The zero-order valence-corrected chi connectivity index (χ0v) is 6.20. The van der Waals surface area contributed by atoms with Gasteiger partial charge in [0.25, 0.3) is 0 Å². The fourth-order valence-electron chi connectivity index (χ4n) is 1.13. The number of rotatable bonds is 1. The SMILES string of the molecule is CC(C)C1CC(=O)OC1O. The van der Waals surface area contributed by atoms with E-state index in [1.54, 1.807) is 0 Å². The summed E-state index contributed by atoms with van der Waals surface area (Å²) in [5, 5.41) is 9.09. The van der Waals surface area contributed by atoms with E-state index in [4.69, 9.17) is 5.11 Å². The van der Waals surface area contributed by atoms with Gasteiger partial charge >= 0.3 is 5.97 Å². The van der Waals surface area contributed by atoms with Crippen molar-refractivity contribution in [2.24, 2.45) is 11.8 Å². The fraction of sp³-hybridized carbons (Fsp3) is 0.857. The number of carbonyl (C=O) groups is 1. The maximum atomic E-state index is 10.6. The van der Waals surface area contributed by atoms with Gasteiger partial charge in [-0.15, -0.1) is 0 Å². The van der Waals surface area contributed by atoms with Crippen LogP contribution in [0.25, 0.3) is 0 Å². The Labute approximate surface area is 60.0 Å². The van der Waals surface area contributed by atoms with Gasteiger partial charge in [-0.05, 0) is 5.92 Å². The van der Waals surface area contributed by atoms with Gasteiger partial charge in [0.1, 0.15) is 0 Å². The molecule has 0 amide bonds. The second kappa shape index (κ2) is 2.58. The second-order valence-corrected chi connectivity index (χ2v) is 2.99. The van der Waals surface area contributed by atoms with E-state index < -0.39 is 6.29 Å². The molecule has 1 aliphatic rings. The van der Waals surface area contributed by atoms with E-state index in [0.717, 1.165) is 0 Å². The van der Waals surface area contributed by atoms with E-state index in [1.807, 2.05) is 13.8 Å². The highest BCUT2D eigenvalue weighted by Gasteiger charge is 2.34. The number of hydrogen-bond donors (Lipinski definition) is 1. The first-order valence-corrected chi connectivity index (χ1v) is 3.49. The van der Waals surface area contributed by atoms with Crippen molar-refractivity contribution in [2.75, 3.05) is 0 Å². The van der Waals surface area contributed by atoms with Crippen LogP contribution in [0.5, 0.6) is 0 Å². The Kier molecular flexibility index (Phi) is 1.94. The van der Waals surface area contributed by atoms with Crippen LogP contribution in [-0.4, -0.2) is 17.4 Å². The van der Waals surface area contributed by atoms with Crippen molar-refractivity contribution < 1.29 is 14.6 Å². The first-order valence-electron chi connectivity index (χ1n) is 3.49. The smallest absolute Gasteiger partial charge is 0.308 e. The molecular formula is C7H12O3. The van der Waals surface area contributed by atoms with E-state index in [2.05, 4.69) is 4.74 Å². The summed E-state index contributed by atoms with van der Waals surface area (Å²) < 4.78 is 4.55. The average molecular weight is 144 g/mol. The summed E-state index contributed by atoms with van der Waals surface area (Å²) in [5.41, 5.74) is 0. The molecule has 10 heavy (non-hydrogen) atoms. The van der Waals surface area contributed by atoms with Crippen molar-refractivity contribution >= 4 is 5.97 Å². The summed E-state index contributed by atoms with van der Waals surface area (Å²) >= 11 is 0. The lowest BCUT2D eigenvalue weighted by Gasteiger charge is -2.14. The van der Waals surface area contributed by atoms with Crippen LogP contribution in [0.15, 0.2) is 0 Å². The van der Waals surface area contributed by atoms with Gasteiger partial charge in [0.2, 0.25) is 6.29 Å². The molecule has 0 aliphatic carbocycles. The number of esters is 1. The van der Waals surface area contributed by atoms with Gasteiger partial charge in [0.15, 0.2) is 0 Å². The Morgan fingerprint density at radius 1 is 1.70 bits per heavy atom. The molecular weight excluding hydrogens is 132 g/mol. The summed E-state index contributed by atoms with van der Waals surface area (Å²) in [6.45, 7) is 3.94. The molecule has 1 N–H and O–H groups in total. The van der Waals surface area contributed by atoms with Crippen molar-refractivity contribution in [2.45, 2.75) is 26.6 Å².